The summed E-state index contributed by atoms with van der Waals surface area (Å²) in [6.45, 7) is 3.76. The van der Waals surface area contributed by atoms with Gasteiger partial charge in [-0.3, -0.25) is 9.78 Å². The highest BCUT2D eigenvalue weighted by Crippen LogP contribution is 2.07. The maximum Gasteiger partial charge on any atom is 0.265 e. The second-order valence-electron chi connectivity index (χ2n) is 3.80. The van der Waals surface area contributed by atoms with Crippen molar-refractivity contribution in [2.75, 3.05) is 5.43 Å². The van der Waals surface area contributed by atoms with Gasteiger partial charge in [-0.2, -0.15) is 0 Å². The quantitative estimate of drug-likeness (QED) is 0.445. The van der Waals surface area contributed by atoms with E-state index in [2.05, 4.69) is 16.9 Å². The van der Waals surface area contributed by atoms with Crippen molar-refractivity contribution >= 4 is 5.95 Å². The number of nitrogens with one attached hydrogen (secondary N) is 2. The highest BCUT2D eigenvalue weighted by atomic mass is 16.7. The van der Waals surface area contributed by atoms with Gasteiger partial charge in [0.15, 0.2) is 5.03 Å². The Hall–Kier alpha value is -1.92. The van der Waals surface area contributed by atoms with Crippen molar-refractivity contribution in [3.05, 3.63) is 31.7 Å². The average Bonchev–Trinajstić information content (AvgIpc) is 2.21. The number of aryl methyl sites for hydroxylation is 1. The second-order valence-corrected chi connectivity index (χ2v) is 3.80. The lowest BCUT2D eigenvalue weighted by Gasteiger charge is -2.04. The first-order chi connectivity index (χ1) is 8.04. The van der Waals surface area contributed by atoms with Crippen LogP contribution in [-0.4, -0.2) is 15.0 Å². The van der Waals surface area contributed by atoms with Gasteiger partial charge in [-0.25, -0.2) is 15.1 Å². The Labute approximate surface area is 98.4 Å². The summed E-state index contributed by atoms with van der Waals surface area (Å²) in [5, 5.41) is 9.46. The Bertz CT molecular complexity index is 455. The van der Waals surface area contributed by atoms with Gasteiger partial charge in [0.2, 0.25) is 0 Å². The molecule has 0 aliphatic heterocycles. The van der Waals surface area contributed by atoms with Crippen molar-refractivity contribution < 1.29 is 5.03 Å². The summed E-state index contributed by atoms with van der Waals surface area (Å²) in [4.78, 5) is 28.2. The third-order valence-electron chi connectivity index (χ3n) is 2.45. The number of aromatic amines is 1. The van der Waals surface area contributed by atoms with Gasteiger partial charge in [-0.05, 0) is 19.8 Å². The molecule has 0 fully saturated rings. The van der Waals surface area contributed by atoms with Crippen LogP contribution in [0.15, 0.2) is 4.79 Å². The number of rotatable bonds is 6. The fourth-order valence-electron chi connectivity index (χ4n) is 1.60. The molecule has 0 saturated carbocycles. The minimum atomic E-state index is -0.755. The van der Waals surface area contributed by atoms with Gasteiger partial charge in [0, 0.05) is 5.56 Å². The lowest BCUT2D eigenvalue weighted by Crippen LogP contribution is -2.21. The lowest BCUT2D eigenvalue weighted by atomic mass is 10.1. The highest BCUT2D eigenvalue weighted by Gasteiger charge is 2.10. The number of hydrogen-bond donors (Lipinski definition) is 2. The zero-order chi connectivity index (χ0) is 12.8. The molecule has 2 N–H and O–H groups in total. The van der Waals surface area contributed by atoms with Crippen LogP contribution < -0.4 is 11.0 Å². The number of nitrogens with zero attached hydrogens (tertiary/aromatic N) is 2. The van der Waals surface area contributed by atoms with E-state index in [1.165, 1.54) is 0 Å². The molecule has 0 radical (unpaired) electrons. The molecule has 1 heterocycles. The minimum Gasteiger partial charge on any atom is -0.288 e. The van der Waals surface area contributed by atoms with Gasteiger partial charge in [0.05, 0.1) is 5.69 Å². The zero-order valence-electron chi connectivity index (χ0n) is 9.95. The zero-order valence-corrected chi connectivity index (χ0v) is 9.95. The third-order valence-corrected chi connectivity index (χ3v) is 2.45. The van der Waals surface area contributed by atoms with E-state index < -0.39 is 5.03 Å². The van der Waals surface area contributed by atoms with Crippen LogP contribution in [0, 0.1) is 17.0 Å². The molecule has 17 heavy (non-hydrogen) atoms. The highest BCUT2D eigenvalue weighted by molar-refractivity contribution is 5.26. The topological polar surface area (TPSA) is 101 Å². The Morgan fingerprint density at radius 1 is 1.47 bits per heavy atom. The first-order valence-corrected chi connectivity index (χ1v) is 5.55. The van der Waals surface area contributed by atoms with E-state index in [9.17, 15) is 14.9 Å². The van der Waals surface area contributed by atoms with Gasteiger partial charge in [-0.15, -0.1) is 0 Å². The van der Waals surface area contributed by atoms with Gasteiger partial charge < -0.3 is 0 Å². The van der Waals surface area contributed by atoms with Crippen LogP contribution in [0.3, 0.4) is 0 Å². The van der Waals surface area contributed by atoms with Crippen molar-refractivity contribution in [3.63, 3.8) is 0 Å². The van der Waals surface area contributed by atoms with Crippen LogP contribution in [0.2, 0.25) is 0 Å². The molecule has 94 valence electrons. The molecule has 1 aromatic heterocycles. The number of anilines is 1. The molecule has 0 unspecified atom stereocenters. The summed E-state index contributed by atoms with van der Waals surface area (Å²) in [6.07, 6.45) is 3.70. The first kappa shape index (κ1) is 13.1. The molecule has 0 spiro atoms. The second kappa shape index (κ2) is 5.97. The molecular weight excluding hydrogens is 224 g/mol. The molecule has 0 aliphatic carbocycles. The number of unbranched alkanes of at least 4 members (excludes halogenated alkanes) is 2. The SMILES string of the molecule is CCCCCc1c(C)nc(N[N+](=O)[O-])[nH]c1=O. The summed E-state index contributed by atoms with van der Waals surface area (Å²) < 4.78 is 0. The van der Waals surface area contributed by atoms with Gasteiger partial charge in [0.25, 0.3) is 11.5 Å². The molecule has 0 bridgehead atoms. The molecule has 1 rings (SSSR count). The molecule has 0 aliphatic rings. The third kappa shape index (κ3) is 3.86. The number of hydrazine groups is 1. The van der Waals surface area contributed by atoms with E-state index in [1.807, 2.05) is 5.43 Å². The van der Waals surface area contributed by atoms with E-state index >= 15 is 0 Å². The molecule has 0 amide bonds. The predicted molar refractivity (Wildman–Crippen MR) is 63.4 cm³/mol. The summed E-state index contributed by atoms with van der Waals surface area (Å²) in [6, 6.07) is 0. The molecule has 0 aromatic carbocycles. The number of hydrogen-bond acceptors (Lipinski definition) is 4. The molecule has 0 atom stereocenters. The van der Waals surface area contributed by atoms with Crippen LogP contribution in [0.4, 0.5) is 5.95 Å². The van der Waals surface area contributed by atoms with Crippen molar-refractivity contribution in [2.45, 2.75) is 39.5 Å². The first-order valence-electron chi connectivity index (χ1n) is 5.55. The molecule has 7 heteroatoms. The van der Waals surface area contributed by atoms with Crippen molar-refractivity contribution in [1.82, 2.24) is 9.97 Å². The van der Waals surface area contributed by atoms with E-state index in [0.717, 1.165) is 19.3 Å². The fourth-order valence-corrected chi connectivity index (χ4v) is 1.60. The Morgan fingerprint density at radius 3 is 2.71 bits per heavy atom. The van der Waals surface area contributed by atoms with Crippen molar-refractivity contribution in [1.29, 1.82) is 0 Å². The van der Waals surface area contributed by atoms with Crippen molar-refractivity contribution in [2.24, 2.45) is 0 Å². The van der Waals surface area contributed by atoms with Crippen LogP contribution >= 0.6 is 0 Å². The fraction of sp³-hybridized carbons (Fsp3) is 0.600. The monoisotopic (exact) mass is 240 g/mol. The number of H-pyrrole nitrogens is 1. The molecule has 1 aromatic rings. The summed E-state index contributed by atoms with van der Waals surface area (Å²) >= 11 is 0. The minimum absolute atomic E-state index is 0.128. The Balaban J connectivity index is 2.86. The normalized spacial score (nSPS) is 10.2. The summed E-state index contributed by atoms with van der Waals surface area (Å²) in [7, 11) is 0. The standard InChI is InChI=1S/C10H16N4O3/c1-3-4-5-6-8-7(2)11-10(12-9(8)15)13-14(16)17/h3-6H2,1-2H3,(H2,11,12,13,15). The number of aromatic nitrogens is 2. The summed E-state index contributed by atoms with van der Waals surface area (Å²) in [5.41, 5.74) is 2.67. The van der Waals surface area contributed by atoms with Crippen LogP contribution in [-0.2, 0) is 6.42 Å². The average molecular weight is 240 g/mol. The smallest absolute Gasteiger partial charge is 0.265 e. The Morgan fingerprint density at radius 2 is 2.18 bits per heavy atom. The Kier molecular flexibility index (Phi) is 4.62. The maximum atomic E-state index is 11.7. The maximum absolute atomic E-state index is 11.7. The molecule has 0 saturated heterocycles. The van der Waals surface area contributed by atoms with Gasteiger partial charge in [0.1, 0.15) is 0 Å². The molecular formula is C10H16N4O3. The van der Waals surface area contributed by atoms with E-state index in [0.29, 0.717) is 17.7 Å². The largest absolute Gasteiger partial charge is 0.288 e. The lowest BCUT2D eigenvalue weighted by molar-refractivity contribution is -0.446. The van der Waals surface area contributed by atoms with Gasteiger partial charge in [-0.1, -0.05) is 25.2 Å². The van der Waals surface area contributed by atoms with Gasteiger partial charge >= 0.3 is 0 Å². The number of nitro groups is 1. The van der Waals surface area contributed by atoms with Crippen LogP contribution in [0.5, 0.6) is 0 Å². The molecule has 7 nitrogen and oxygen atoms in total. The van der Waals surface area contributed by atoms with Crippen LogP contribution in [0.25, 0.3) is 0 Å². The van der Waals surface area contributed by atoms with E-state index in [1.54, 1.807) is 6.92 Å². The van der Waals surface area contributed by atoms with E-state index in [4.69, 9.17) is 0 Å². The van der Waals surface area contributed by atoms with E-state index in [-0.39, 0.29) is 11.5 Å². The van der Waals surface area contributed by atoms with Crippen molar-refractivity contribution in [3.8, 4) is 0 Å². The predicted octanol–water partition coefficient (Wildman–Crippen LogP) is 1.41. The summed E-state index contributed by atoms with van der Waals surface area (Å²) in [5.74, 6) is -0.128. The van der Waals surface area contributed by atoms with Crippen LogP contribution in [0.1, 0.15) is 37.4 Å².